The summed E-state index contributed by atoms with van der Waals surface area (Å²) in [6.45, 7) is -0.407. The molecule has 0 amide bonds. The molecule has 0 unspecified atom stereocenters. The van der Waals surface area contributed by atoms with Crippen LogP contribution in [0, 0.1) is 0 Å². The Balaban J connectivity index is 1.41. The average molecular weight is 366 g/mol. The zero-order valence-corrected chi connectivity index (χ0v) is 13.9. The molecule has 0 atom stereocenters. The molecule has 8 heteroatoms. The van der Waals surface area contributed by atoms with Gasteiger partial charge in [-0.05, 0) is 30.3 Å². The van der Waals surface area contributed by atoms with Crippen LogP contribution in [0.25, 0.3) is 22.0 Å². The van der Waals surface area contributed by atoms with Crippen molar-refractivity contribution in [1.82, 2.24) is 9.97 Å². The van der Waals surface area contributed by atoms with E-state index < -0.39 is 12.6 Å². The number of aromatic amines is 2. The normalized spacial score (nSPS) is 11.1. The highest BCUT2D eigenvalue weighted by molar-refractivity contribution is 6.00. The monoisotopic (exact) mass is 366 g/mol. The molecule has 0 bridgehead atoms. The molecule has 0 aliphatic heterocycles. The van der Waals surface area contributed by atoms with Crippen LogP contribution in [0.5, 0.6) is 5.75 Å². The standard InChI is InChI=1S/C19H14N2O6/c22-12-2-3-13-11(8-26-17(13)7-12)6-18(24)27-9-16(23)10-1-4-14-15(5-10)21-19(25)20-14/h1-5,7-8,22H,6,9H2,(H2,20,21,25). The van der Waals surface area contributed by atoms with Crippen LogP contribution in [0.1, 0.15) is 15.9 Å². The van der Waals surface area contributed by atoms with Gasteiger partial charge in [-0.2, -0.15) is 0 Å². The summed E-state index contributed by atoms with van der Waals surface area (Å²) in [5.41, 5.74) is 2.13. The summed E-state index contributed by atoms with van der Waals surface area (Å²) in [6, 6.07) is 9.29. The highest BCUT2D eigenvalue weighted by Crippen LogP contribution is 2.25. The van der Waals surface area contributed by atoms with Crippen LogP contribution < -0.4 is 5.69 Å². The van der Waals surface area contributed by atoms with Crippen molar-refractivity contribution in [2.75, 3.05) is 6.61 Å². The summed E-state index contributed by atoms with van der Waals surface area (Å²) < 4.78 is 10.4. The number of furan rings is 1. The lowest BCUT2D eigenvalue weighted by Crippen LogP contribution is -2.15. The summed E-state index contributed by atoms with van der Waals surface area (Å²) in [5.74, 6) is -0.887. The van der Waals surface area contributed by atoms with Crippen LogP contribution in [0.2, 0.25) is 0 Å². The van der Waals surface area contributed by atoms with Crippen molar-refractivity contribution in [3.63, 3.8) is 0 Å². The van der Waals surface area contributed by atoms with E-state index in [0.717, 1.165) is 0 Å². The number of ether oxygens (including phenoxy) is 1. The number of aromatic nitrogens is 2. The number of hydrogen-bond acceptors (Lipinski definition) is 6. The van der Waals surface area contributed by atoms with Crippen molar-refractivity contribution in [2.45, 2.75) is 6.42 Å². The largest absolute Gasteiger partial charge is 0.508 e. The number of H-pyrrole nitrogens is 2. The maximum atomic E-state index is 12.2. The third kappa shape index (κ3) is 3.32. The molecule has 27 heavy (non-hydrogen) atoms. The van der Waals surface area contributed by atoms with Crippen LogP contribution in [0.4, 0.5) is 0 Å². The van der Waals surface area contributed by atoms with E-state index in [1.165, 1.54) is 24.5 Å². The number of rotatable bonds is 5. The van der Waals surface area contributed by atoms with E-state index in [2.05, 4.69) is 9.97 Å². The predicted octanol–water partition coefficient (Wildman–Crippen LogP) is 2.28. The van der Waals surface area contributed by atoms with Crippen LogP contribution in [-0.4, -0.2) is 33.4 Å². The molecule has 0 fully saturated rings. The first kappa shape index (κ1) is 16.6. The fourth-order valence-corrected chi connectivity index (χ4v) is 2.85. The van der Waals surface area contributed by atoms with Crippen molar-refractivity contribution in [1.29, 1.82) is 0 Å². The van der Waals surface area contributed by atoms with E-state index in [-0.39, 0.29) is 23.6 Å². The van der Waals surface area contributed by atoms with Crippen LogP contribution in [0.15, 0.2) is 51.9 Å². The molecular formula is C19H14N2O6. The first-order chi connectivity index (χ1) is 13.0. The predicted molar refractivity (Wildman–Crippen MR) is 95.8 cm³/mol. The van der Waals surface area contributed by atoms with Crippen LogP contribution in [0.3, 0.4) is 0 Å². The van der Waals surface area contributed by atoms with Crippen molar-refractivity contribution in [3.05, 3.63) is 64.3 Å². The van der Waals surface area contributed by atoms with Crippen molar-refractivity contribution >= 4 is 33.8 Å². The number of imidazole rings is 1. The van der Waals surface area contributed by atoms with Gasteiger partial charge < -0.3 is 24.2 Å². The summed E-state index contributed by atoms with van der Waals surface area (Å²) >= 11 is 0. The zero-order chi connectivity index (χ0) is 19.0. The average Bonchev–Trinajstić information content (AvgIpc) is 3.20. The van der Waals surface area contributed by atoms with Gasteiger partial charge >= 0.3 is 11.7 Å². The minimum atomic E-state index is -0.574. The Bertz CT molecular complexity index is 1230. The number of carbonyl (C=O) groups is 2. The van der Waals surface area contributed by atoms with Crippen molar-refractivity contribution < 1.29 is 23.8 Å². The fourth-order valence-electron chi connectivity index (χ4n) is 2.85. The number of phenolic OH excluding ortho intramolecular Hbond substituents is 1. The van der Waals surface area contributed by atoms with Gasteiger partial charge in [0.05, 0.1) is 23.7 Å². The second kappa shape index (κ2) is 6.49. The lowest BCUT2D eigenvalue weighted by atomic mass is 10.1. The van der Waals surface area contributed by atoms with Crippen LogP contribution in [-0.2, 0) is 16.0 Å². The Morgan fingerprint density at radius 3 is 2.74 bits per heavy atom. The molecule has 4 aromatic rings. The number of phenols is 1. The quantitative estimate of drug-likeness (QED) is 0.367. The third-order valence-corrected chi connectivity index (χ3v) is 4.18. The van der Waals surface area contributed by atoms with Gasteiger partial charge in [-0.15, -0.1) is 0 Å². The number of esters is 1. The molecule has 0 saturated carbocycles. The molecule has 2 aromatic carbocycles. The Morgan fingerprint density at radius 2 is 1.89 bits per heavy atom. The molecule has 0 radical (unpaired) electrons. The number of nitrogens with one attached hydrogen (secondary N) is 2. The number of benzene rings is 2. The van der Waals surface area contributed by atoms with Crippen molar-refractivity contribution in [3.8, 4) is 5.75 Å². The van der Waals surface area contributed by atoms with E-state index in [1.54, 1.807) is 18.2 Å². The SMILES string of the molecule is O=C(Cc1coc2cc(O)ccc12)OCC(=O)c1ccc2[nH]c(=O)[nH]c2c1. The minimum Gasteiger partial charge on any atom is -0.508 e. The second-order valence-corrected chi connectivity index (χ2v) is 6.04. The Kier molecular flexibility index (Phi) is 4.00. The maximum Gasteiger partial charge on any atom is 0.323 e. The Morgan fingerprint density at radius 1 is 1.07 bits per heavy atom. The number of carbonyl (C=O) groups excluding carboxylic acids is 2. The van der Waals surface area contributed by atoms with Gasteiger partial charge in [-0.3, -0.25) is 9.59 Å². The fraction of sp³-hybridized carbons (Fsp3) is 0.105. The summed E-state index contributed by atoms with van der Waals surface area (Å²) in [7, 11) is 0. The van der Waals surface area contributed by atoms with Gasteiger partial charge in [0.25, 0.3) is 0 Å². The summed E-state index contributed by atoms with van der Waals surface area (Å²) in [6.07, 6.45) is 1.36. The minimum absolute atomic E-state index is 0.0603. The van der Waals surface area contributed by atoms with Gasteiger partial charge in [0.15, 0.2) is 12.4 Å². The Labute approximate surface area is 151 Å². The number of aromatic hydroxyl groups is 1. The van der Waals surface area contributed by atoms with Gasteiger partial charge in [0, 0.05) is 22.6 Å². The third-order valence-electron chi connectivity index (χ3n) is 4.18. The molecular weight excluding hydrogens is 352 g/mol. The molecule has 0 spiro atoms. The molecule has 0 saturated heterocycles. The van der Waals surface area contributed by atoms with E-state index in [0.29, 0.717) is 33.1 Å². The second-order valence-electron chi connectivity index (χ2n) is 6.04. The summed E-state index contributed by atoms with van der Waals surface area (Å²) in [5, 5.41) is 10.1. The molecule has 3 N–H and O–H groups in total. The van der Waals surface area contributed by atoms with E-state index >= 15 is 0 Å². The van der Waals surface area contributed by atoms with E-state index in [9.17, 15) is 19.5 Å². The number of Topliss-reactive ketones (excluding diaryl/α,β-unsaturated/α-hetero) is 1. The van der Waals surface area contributed by atoms with Crippen LogP contribution >= 0.6 is 0 Å². The molecule has 4 rings (SSSR count). The molecule has 0 aliphatic carbocycles. The number of hydrogen-bond donors (Lipinski definition) is 3. The first-order valence-corrected chi connectivity index (χ1v) is 8.09. The molecule has 2 aromatic heterocycles. The topological polar surface area (TPSA) is 125 Å². The zero-order valence-electron chi connectivity index (χ0n) is 13.9. The van der Waals surface area contributed by atoms with Gasteiger partial charge in [0.1, 0.15) is 11.3 Å². The molecule has 0 aliphatic rings. The van der Waals surface area contributed by atoms with Gasteiger partial charge in [-0.1, -0.05) is 0 Å². The smallest absolute Gasteiger partial charge is 0.323 e. The first-order valence-electron chi connectivity index (χ1n) is 8.09. The summed E-state index contributed by atoms with van der Waals surface area (Å²) in [4.78, 5) is 40.7. The lowest BCUT2D eigenvalue weighted by molar-refractivity contribution is -0.141. The lowest BCUT2D eigenvalue weighted by Gasteiger charge is -2.04. The van der Waals surface area contributed by atoms with Gasteiger partial charge in [0.2, 0.25) is 0 Å². The number of ketones is 1. The van der Waals surface area contributed by atoms with Gasteiger partial charge in [-0.25, -0.2) is 4.79 Å². The Hall–Kier alpha value is -3.81. The van der Waals surface area contributed by atoms with E-state index in [1.807, 2.05) is 0 Å². The number of fused-ring (bicyclic) bond motifs is 2. The molecule has 8 nitrogen and oxygen atoms in total. The van der Waals surface area contributed by atoms with E-state index in [4.69, 9.17) is 9.15 Å². The highest BCUT2D eigenvalue weighted by atomic mass is 16.5. The van der Waals surface area contributed by atoms with Crippen molar-refractivity contribution in [2.24, 2.45) is 0 Å². The molecule has 2 heterocycles. The highest BCUT2D eigenvalue weighted by Gasteiger charge is 2.15. The molecule has 136 valence electrons. The maximum absolute atomic E-state index is 12.2.